The third-order valence-corrected chi connectivity index (χ3v) is 2.33. The zero-order valence-electron chi connectivity index (χ0n) is 6.59. The molecule has 1 unspecified atom stereocenters. The first kappa shape index (κ1) is 9.74. The average molecular weight is 251 g/mol. The molecular weight excluding hydrogens is 241 g/mol. The number of hydrogen-bond donors (Lipinski definition) is 1. The van der Waals surface area contributed by atoms with E-state index in [1.807, 2.05) is 6.92 Å². The third kappa shape index (κ3) is 2.60. The monoisotopic (exact) mass is 249 g/mol. The molecule has 0 amide bonds. The Morgan fingerprint density at radius 3 is 3.08 bits per heavy atom. The molecular formula is C7H9BrClN3. The molecule has 1 rings (SSSR count). The SMILES string of the molecule is CC(CCl)Nc1ncncc1Br. The van der Waals surface area contributed by atoms with Crippen LogP contribution in [-0.2, 0) is 0 Å². The van der Waals surface area contributed by atoms with Crippen LogP contribution < -0.4 is 5.32 Å². The Kier molecular flexibility index (Phi) is 3.75. The molecule has 5 heteroatoms. The van der Waals surface area contributed by atoms with Gasteiger partial charge in [-0.2, -0.15) is 0 Å². The Labute approximate surface area is 84.7 Å². The van der Waals surface area contributed by atoms with Crippen LogP contribution in [0.3, 0.4) is 0 Å². The number of alkyl halides is 1. The van der Waals surface area contributed by atoms with Crippen LogP contribution in [0, 0.1) is 0 Å². The Morgan fingerprint density at radius 1 is 1.75 bits per heavy atom. The van der Waals surface area contributed by atoms with Crippen molar-refractivity contribution in [3.05, 3.63) is 17.0 Å². The minimum absolute atomic E-state index is 0.206. The van der Waals surface area contributed by atoms with Gasteiger partial charge in [-0.05, 0) is 22.9 Å². The molecule has 0 radical (unpaired) electrons. The molecule has 1 aromatic rings. The topological polar surface area (TPSA) is 37.8 Å². The summed E-state index contributed by atoms with van der Waals surface area (Å²) in [5, 5.41) is 3.13. The summed E-state index contributed by atoms with van der Waals surface area (Å²) < 4.78 is 0.849. The maximum absolute atomic E-state index is 5.63. The Hall–Kier alpha value is -0.350. The van der Waals surface area contributed by atoms with Crippen LogP contribution in [0.25, 0.3) is 0 Å². The van der Waals surface area contributed by atoms with E-state index in [1.54, 1.807) is 6.20 Å². The number of nitrogens with zero attached hydrogens (tertiary/aromatic N) is 2. The summed E-state index contributed by atoms with van der Waals surface area (Å²) >= 11 is 8.96. The molecule has 3 nitrogen and oxygen atoms in total. The normalized spacial score (nSPS) is 12.6. The second-order valence-electron chi connectivity index (χ2n) is 2.42. The second-order valence-corrected chi connectivity index (χ2v) is 3.58. The molecule has 1 heterocycles. The molecule has 0 saturated heterocycles. The van der Waals surface area contributed by atoms with E-state index in [4.69, 9.17) is 11.6 Å². The number of hydrogen-bond acceptors (Lipinski definition) is 3. The molecule has 0 aliphatic rings. The minimum atomic E-state index is 0.206. The second kappa shape index (κ2) is 4.62. The molecule has 0 fully saturated rings. The average Bonchev–Trinajstić information content (AvgIpc) is 2.09. The highest BCUT2D eigenvalue weighted by molar-refractivity contribution is 9.10. The van der Waals surface area contributed by atoms with E-state index in [1.165, 1.54) is 6.33 Å². The summed E-state index contributed by atoms with van der Waals surface area (Å²) in [6.45, 7) is 1.99. The van der Waals surface area contributed by atoms with E-state index in [0.717, 1.165) is 10.3 Å². The van der Waals surface area contributed by atoms with Gasteiger partial charge < -0.3 is 5.32 Å². The predicted octanol–water partition coefficient (Wildman–Crippen LogP) is 2.28. The van der Waals surface area contributed by atoms with Crippen molar-refractivity contribution in [2.75, 3.05) is 11.2 Å². The molecule has 1 aromatic heterocycles. The number of aromatic nitrogens is 2. The van der Waals surface area contributed by atoms with E-state index in [-0.39, 0.29) is 6.04 Å². The Bertz CT molecular complexity index is 256. The lowest BCUT2D eigenvalue weighted by Gasteiger charge is -2.11. The Morgan fingerprint density at radius 2 is 2.50 bits per heavy atom. The van der Waals surface area contributed by atoms with Crippen LogP contribution in [-0.4, -0.2) is 21.9 Å². The van der Waals surface area contributed by atoms with E-state index >= 15 is 0 Å². The highest BCUT2D eigenvalue weighted by Gasteiger charge is 2.03. The van der Waals surface area contributed by atoms with E-state index in [9.17, 15) is 0 Å². The van der Waals surface area contributed by atoms with Gasteiger partial charge >= 0.3 is 0 Å². The van der Waals surface area contributed by atoms with Crippen LogP contribution in [0.2, 0.25) is 0 Å². The fourth-order valence-corrected chi connectivity index (χ4v) is 1.10. The first-order chi connectivity index (χ1) is 5.74. The van der Waals surface area contributed by atoms with E-state index in [2.05, 4.69) is 31.2 Å². The van der Waals surface area contributed by atoms with Gasteiger partial charge in [-0.25, -0.2) is 9.97 Å². The van der Waals surface area contributed by atoms with Crippen LogP contribution in [0.1, 0.15) is 6.92 Å². The molecule has 12 heavy (non-hydrogen) atoms. The van der Waals surface area contributed by atoms with Crippen molar-refractivity contribution in [2.24, 2.45) is 0 Å². The van der Waals surface area contributed by atoms with Crippen molar-refractivity contribution in [3.8, 4) is 0 Å². The third-order valence-electron chi connectivity index (χ3n) is 1.28. The molecule has 0 bridgehead atoms. The smallest absolute Gasteiger partial charge is 0.143 e. The van der Waals surface area contributed by atoms with Crippen LogP contribution in [0.4, 0.5) is 5.82 Å². The number of nitrogens with one attached hydrogen (secondary N) is 1. The summed E-state index contributed by atoms with van der Waals surface area (Å²) in [5.74, 6) is 1.33. The first-order valence-corrected chi connectivity index (χ1v) is 4.84. The van der Waals surface area contributed by atoms with Gasteiger partial charge in [0.1, 0.15) is 12.1 Å². The zero-order valence-corrected chi connectivity index (χ0v) is 8.93. The molecule has 0 spiro atoms. The van der Waals surface area contributed by atoms with Crippen LogP contribution in [0.15, 0.2) is 17.0 Å². The van der Waals surface area contributed by atoms with Gasteiger partial charge in [-0.3, -0.25) is 0 Å². The van der Waals surface area contributed by atoms with E-state index in [0.29, 0.717) is 5.88 Å². The summed E-state index contributed by atoms with van der Waals surface area (Å²) in [6.07, 6.45) is 3.18. The number of halogens is 2. The largest absolute Gasteiger partial charge is 0.365 e. The predicted molar refractivity (Wildman–Crippen MR) is 53.5 cm³/mol. The van der Waals surface area contributed by atoms with E-state index < -0.39 is 0 Å². The lowest BCUT2D eigenvalue weighted by atomic mass is 10.4. The standard InChI is InChI=1S/C7H9BrClN3/c1-5(2-9)12-7-6(8)3-10-4-11-7/h3-5H,2H2,1H3,(H,10,11,12). The summed E-state index contributed by atoms with van der Waals surface area (Å²) in [4.78, 5) is 7.89. The lowest BCUT2D eigenvalue weighted by Crippen LogP contribution is -2.17. The number of anilines is 1. The fourth-order valence-electron chi connectivity index (χ4n) is 0.691. The molecule has 66 valence electrons. The summed E-state index contributed by atoms with van der Waals surface area (Å²) in [6, 6.07) is 0.206. The van der Waals surface area contributed by atoms with Crippen LogP contribution >= 0.6 is 27.5 Å². The van der Waals surface area contributed by atoms with Gasteiger partial charge in [0.15, 0.2) is 0 Å². The number of rotatable bonds is 3. The Balaban J connectivity index is 2.69. The van der Waals surface area contributed by atoms with Gasteiger partial charge in [0.2, 0.25) is 0 Å². The van der Waals surface area contributed by atoms with Gasteiger partial charge in [0.05, 0.1) is 4.47 Å². The highest BCUT2D eigenvalue weighted by Crippen LogP contribution is 2.17. The first-order valence-electron chi connectivity index (χ1n) is 3.52. The van der Waals surface area contributed by atoms with Gasteiger partial charge in [0, 0.05) is 18.1 Å². The lowest BCUT2D eigenvalue weighted by molar-refractivity contribution is 0.891. The summed E-state index contributed by atoms with van der Waals surface area (Å²) in [5.41, 5.74) is 0. The molecule has 0 aliphatic carbocycles. The summed E-state index contributed by atoms with van der Waals surface area (Å²) in [7, 11) is 0. The molecule has 0 aliphatic heterocycles. The molecule has 0 aromatic carbocycles. The van der Waals surface area contributed by atoms with Crippen molar-refractivity contribution in [2.45, 2.75) is 13.0 Å². The minimum Gasteiger partial charge on any atom is -0.365 e. The molecule has 1 N–H and O–H groups in total. The van der Waals surface area contributed by atoms with Gasteiger partial charge in [0.25, 0.3) is 0 Å². The van der Waals surface area contributed by atoms with Gasteiger partial charge in [-0.1, -0.05) is 0 Å². The quantitative estimate of drug-likeness (QED) is 0.837. The zero-order chi connectivity index (χ0) is 8.97. The molecule has 0 saturated carbocycles. The maximum atomic E-state index is 5.63. The van der Waals surface area contributed by atoms with Crippen molar-refractivity contribution < 1.29 is 0 Å². The highest BCUT2D eigenvalue weighted by atomic mass is 79.9. The van der Waals surface area contributed by atoms with Crippen molar-refractivity contribution in [3.63, 3.8) is 0 Å². The van der Waals surface area contributed by atoms with Crippen molar-refractivity contribution >= 4 is 33.3 Å². The molecule has 1 atom stereocenters. The van der Waals surface area contributed by atoms with Gasteiger partial charge in [-0.15, -0.1) is 11.6 Å². The fraction of sp³-hybridized carbons (Fsp3) is 0.429. The van der Waals surface area contributed by atoms with Crippen molar-refractivity contribution in [1.29, 1.82) is 0 Å². The maximum Gasteiger partial charge on any atom is 0.143 e. The van der Waals surface area contributed by atoms with Crippen molar-refractivity contribution in [1.82, 2.24) is 9.97 Å². The van der Waals surface area contributed by atoms with Crippen LogP contribution in [0.5, 0.6) is 0 Å².